The number of amides is 1. The summed E-state index contributed by atoms with van der Waals surface area (Å²) in [4.78, 5) is 16.6. The fourth-order valence-electron chi connectivity index (χ4n) is 2.83. The first-order chi connectivity index (χ1) is 11.3. The summed E-state index contributed by atoms with van der Waals surface area (Å²) >= 11 is 0. The van der Waals surface area contributed by atoms with Crippen LogP contribution in [-0.2, 0) is 11.3 Å². The molecule has 130 valence electrons. The van der Waals surface area contributed by atoms with E-state index in [1.807, 2.05) is 11.5 Å². The number of ether oxygens (including phenoxy) is 2. The summed E-state index contributed by atoms with van der Waals surface area (Å²) in [6.07, 6.45) is 0.234. The predicted octanol–water partition coefficient (Wildman–Crippen LogP) is 3.54. The molecule has 0 aliphatic carbocycles. The average Bonchev–Trinajstić information content (AvgIpc) is 2.67. The van der Waals surface area contributed by atoms with Crippen molar-refractivity contribution in [2.24, 2.45) is 0 Å². The van der Waals surface area contributed by atoms with Crippen LogP contribution in [0.4, 0.5) is 9.18 Å². The number of alkyl carbamates (subject to hydrolysis) is 1. The molecule has 0 saturated heterocycles. The number of aromatic nitrogens is 2. The maximum Gasteiger partial charge on any atom is 0.408 e. The minimum absolute atomic E-state index is 0.230. The molecule has 24 heavy (non-hydrogen) atoms. The molecule has 0 saturated carbocycles. The molecule has 0 spiro atoms. The summed E-state index contributed by atoms with van der Waals surface area (Å²) in [5.41, 5.74) is 0.721. The Balaban J connectivity index is 1.95. The van der Waals surface area contributed by atoms with E-state index in [-0.39, 0.29) is 11.8 Å². The van der Waals surface area contributed by atoms with Gasteiger partial charge in [0.15, 0.2) is 11.6 Å². The lowest BCUT2D eigenvalue weighted by Gasteiger charge is -2.22. The highest BCUT2D eigenvalue weighted by Crippen LogP contribution is 2.33. The van der Waals surface area contributed by atoms with E-state index in [0.29, 0.717) is 30.0 Å². The number of halogens is 1. The van der Waals surface area contributed by atoms with E-state index in [0.717, 1.165) is 6.42 Å². The van der Waals surface area contributed by atoms with Gasteiger partial charge >= 0.3 is 6.09 Å². The summed E-state index contributed by atoms with van der Waals surface area (Å²) in [6, 6.07) is 2.61. The normalized spacial score (nSPS) is 15.5. The minimum Gasteiger partial charge on any atom is -0.488 e. The highest BCUT2D eigenvalue weighted by molar-refractivity contribution is 5.83. The first-order valence-corrected chi connectivity index (χ1v) is 8.07. The molecule has 7 heteroatoms. The Morgan fingerprint density at radius 2 is 2.21 bits per heavy atom. The van der Waals surface area contributed by atoms with Gasteiger partial charge in [-0.25, -0.2) is 14.2 Å². The molecule has 3 rings (SSSR count). The van der Waals surface area contributed by atoms with E-state index < -0.39 is 17.5 Å². The summed E-state index contributed by atoms with van der Waals surface area (Å²) in [6.45, 7) is 8.36. The fraction of sp³-hybridized carbons (Fsp3) is 0.529. The lowest BCUT2D eigenvalue weighted by Crippen LogP contribution is -2.35. The molecule has 1 aromatic heterocycles. The molecule has 6 nitrogen and oxygen atoms in total. The van der Waals surface area contributed by atoms with E-state index in [4.69, 9.17) is 9.47 Å². The quantitative estimate of drug-likeness (QED) is 0.911. The molecule has 2 heterocycles. The predicted molar refractivity (Wildman–Crippen MR) is 87.6 cm³/mol. The number of nitrogens with zero attached hydrogens (tertiary/aromatic N) is 2. The van der Waals surface area contributed by atoms with Crippen LogP contribution in [0.25, 0.3) is 11.0 Å². The summed E-state index contributed by atoms with van der Waals surface area (Å²) < 4.78 is 26.8. The molecular formula is C17H22FN3O3. The Bertz CT molecular complexity index is 779. The molecule has 1 unspecified atom stereocenters. The molecule has 0 fully saturated rings. The van der Waals surface area contributed by atoms with Gasteiger partial charge in [0.05, 0.1) is 18.2 Å². The summed E-state index contributed by atoms with van der Waals surface area (Å²) in [5.74, 6) is 0.492. The number of imidazole rings is 1. The minimum atomic E-state index is -0.572. The number of rotatable bonds is 2. The molecule has 0 bridgehead atoms. The Hall–Kier alpha value is -2.31. The van der Waals surface area contributed by atoms with Crippen LogP contribution in [0.15, 0.2) is 12.1 Å². The second kappa shape index (κ2) is 5.96. The van der Waals surface area contributed by atoms with Crippen molar-refractivity contribution in [2.45, 2.75) is 52.3 Å². The van der Waals surface area contributed by atoms with Gasteiger partial charge in [0.25, 0.3) is 0 Å². The summed E-state index contributed by atoms with van der Waals surface area (Å²) in [7, 11) is 0. The zero-order chi connectivity index (χ0) is 17.5. The fourth-order valence-corrected chi connectivity index (χ4v) is 2.83. The standard InChI is InChI=1S/C17H22FN3O3/c1-10(19-16(22)24-17(2,3)4)15-20-12-7-6-11(18)14-13(12)21(15)8-5-9-23-14/h6-7,10H,5,8-9H2,1-4H3,(H,19,22). The van der Waals surface area contributed by atoms with Crippen LogP contribution in [0.3, 0.4) is 0 Å². The zero-order valence-electron chi connectivity index (χ0n) is 14.4. The molecule has 1 aliphatic rings. The molecule has 1 aliphatic heterocycles. The molecule has 1 N–H and O–H groups in total. The number of hydrogen-bond donors (Lipinski definition) is 1. The van der Waals surface area contributed by atoms with Crippen molar-refractivity contribution in [3.05, 3.63) is 23.8 Å². The maximum absolute atomic E-state index is 14.1. The van der Waals surface area contributed by atoms with Gasteiger partial charge in [0.1, 0.15) is 16.9 Å². The molecule has 1 aromatic carbocycles. The van der Waals surface area contributed by atoms with E-state index in [1.54, 1.807) is 26.8 Å². The maximum atomic E-state index is 14.1. The first-order valence-electron chi connectivity index (χ1n) is 8.07. The van der Waals surface area contributed by atoms with Crippen LogP contribution < -0.4 is 10.1 Å². The molecule has 1 atom stereocenters. The van der Waals surface area contributed by atoms with E-state index >= 15 is 0 Å². The Morgan fingerprint density at radius 1 is 1.46 bits per heavy atom. The number of aryl methyl sites for hydroxylation is 1. The van der Waals surface area contributed by atoms with Gasteiger partial charge in [0, 0.05) is 6.54 Å². The lowest BCUT2D eigenvalue weighted by atomic mass is 10.2. The van der Waals surface area contributed by atoms with Crippen LogP contribution in [0, 0.1) is 5.82 Å². The Morgan fingerprint density at radius 3 is 2.92 bits per heavy atom. The van der Waals surface area contributed by atoms with E-state index in [2.05, 4.69) is 10.3 Å². The van der Waals surface area contributed by atoms with E-state index in [1.165, 1.54) is 6.07 Å². The van der Waals surface area contributed by atoms with Gasteiger partial charge in [-0.3, -0.25) is 0 Å². The van der Waals surface area contributed by atoms with E-state index in [9.17, 15) is 9.18 Å². The van der Waals surface area contributed by atoms with Crippen molar-refractivity contribution < 1.29 is 18.7 Å². The Kier molecular flexibility index (Phi) is 4.11. The van der Waals surface area contributed by atoms with Crippen molar-refractivity contribution >= 4 is 17.1 Å². The van der Waals surface area contributed by atoms with Crippen molar-refractivity contribution in [2.75, 3.05) is 6.61 Å². The highest BCUT2D eigenvalue weighted by Gasteiger charge is 2.25. The van der Waals surface area contributed by atoms with Crippen LogP contribution in [-0.4, -0.2) is 27.9 Å². The third-order valence-electron chi connectivity index (χ3n) is 3.74. The highest BCUT2D eigenvalue weighted by atomic mass is 19.1. The lowest BCUT2D eigenvalue weighted by molar-refractivity contribution is 0.0505. The smallest absolute Gasteiger partial charge is 0.408 e. The second-order valence-electron chi connectivity index (χ2n) is 6.94. The zero-order valence-corrected chi connectivity index (χ0v) is 14.4. The Labute approximate surface area is 139 Å². The first kappa shape index (κ1) is 16.5. The van der Waals surface area contributed by atoms with Gasteiger partial charge in [-0.1, -0.05) is 0 Å². The van der Waals surface area contributed by atoms with Gasteiger partial charge in [-0.2, -0.15) is 0 Å². The van der Waals surface area contributed by atoms with Crippen LogP contribution in [0.1, 0.15) is 46.0 Å². The van der Waals surface area contributed by atoms with Gasteiger partial charge < -0.3 is 19.4 Å². The number of hydrogen-bond acceptors (Lipinski definition) is 4. The van der Waals surface area contributed by atoms with Crippen LogP contribution in [0.2, 0.25) is 0 Å². The van der Waals surface area contributed by atoms with Crippen molar-refractivity contribution in [1.82, 2.24) is 14.9 Å². The van der Waals surface area contributed by atoms with Crippen molar-refractivity contribution in [3.8, 4) is 5.75 Å². The second-order valence-corrected chi connectivity index (χ2v) is 6.94. The largest absolute Gasteiger partial charge is 0.488 e. The van der Waals surface area contributed by atoms with Gasteiger partial charge in [-0.15, -0.1) is 0 Å². The summed E-state index contributed by atoms with van der Waals surface area (Å²) in [5, 5.41) is 2.79. The number of nitrogens with one attached hydrogen (secondary N) is 1. The third-order valence-corrected chi connectivity index (χ3v) is 3.74. The van der Waals surface area contributed by atoms with Crippen molar-refractivity contribution in [1.29, 1.82) is 0 Å². The van der Waals surface area contributed by atoms with Gasteiger partial charge in [0.2, 0.25) is 0 Å². The number of carbonyl (C=O) groups excluding carboxylic acids is 1. The third kappa shape index (κ3) is 3.16. The van der Waals surface area contributed by atoms with Crippen molar-refractivity contribution in [3.63, 3.8) is 0 Å². The molecule has 0 radical (unpaired) electrons. The van der Waals surface area contributed by atoms with Crippen LogP contribution >= 0.6 is 0 Å². The monoisotopic (exact) mass is 335 g/mol. The molecule has 2 aromatic rings. The average molecular weight is 335 g/mol. The SMILES string of the molecule is CC(NC(=O)OC(C)(C)C)c1nc2ccc(F)c3c2n1CCCO3. The number of benzene rings is 1. The van der Waals surface area contributed by atoms with Crippen LogP contribution in [0.5, 0.6) is 5.75 Å². The number of carbonyl (C=O) groups is 1. The van der Waals surface area contributed by atoms with Gasteiger partial charge in [-0.05, 0) is 46.2 Å². The molecular weight excluding hydrogens is 313 g/mol. The molecule has 1 amide bonds. The topological polar surface area (TPSA) is 65.4 Å².